The van der Waals surface area contributed by atoms with Crippen LogP contribution in [-0.4, -0.2) is 73.4 Å². The van der Waals surface area contributed by atoms with E-state index < -0.39 is 23.6 Å². The largest absolute Gasteiger partial charge is 0.453 e. The molecule has 5 rings (SSSR count). The quantitative estimate of drug-likeness (QED) is 0.206. The minimum Gasteiger partial charge on any atom is -0.453 e. The first kappa shape index (κ1) is 34.0. The number of hydrogen-bond acceptors (Lipinski definition) is 9. The number of H-pyrrole nitrogens is 1. The molecule has 48 heavy (non-hydrogen) atoms. The van der Waals surface area contributed by atoms with Crippen LogP contribution in [-0.2, 0) is 14.3 Å². The molecule has 14 nitrogen and oxygen atoms in total. The molecule has 0 aliphatic carbocycles. The van der Waals surface area contributed by atoms with Gasteiger partial charge in [-0.1, -0.05) is 37.6 Å². The summed E-state index contributed by atoms with van der Waals surface area (Å²) < 4.78 is 6.10. The Morgan fingerprint density at radius 1 is 1.15 bits per heavy atom. The van der Waals surface area contributed by atoms with Crippen LogP contribution in [0.25, 0.3) is 22.9 Å². The van der Waals surface area contributed by atoms with Gasteiger partial charge in [-0.15, -0.1) is 5.10 Å². The van der Waals surface area contributed by atoms with Gasteiger partial charge < -0.3 is 15.0 Å². The Bertz CT molecular complexity index is 1840. The molecule has 3 amide bonds. The van der Waals surface area contributed by atoms with Crippen LogP contribution in [0.2, 0.25) is 5.02 Å². The van der Waals surface area contributed by atoms with E-state index in [0.717, 1.165) is 12.8 Å². The Hall–Kier alpha value is -5.37. The summed E-state index contributed by atoms with van der Waals surface area (Å²) in [6, 6.07) is 12.9. The zero-order valence-corrected chi connectivity index (χ0v) is 27.5. The van der Waals surface area contributed by atoms with Crippen molar-refractivity contribution in [3.8, 4) is 16.8 Å². The first-order valence-electron chi connectivity index (χ1n) is 15.5. The molecule has 2 atom stereocenters. The maximum absolute atomic E-state index is 13.5. The maximum Gasteiger partial charge on any atom is 0.411 e. The number of nitrogens with one attached hydrogen (secondary N) is 3. The number of carbonyl (C=O) groups is 3. The fourth-order valence-electron chi connectivity index (χ4n) is 5.65. The van der Waals surface area contributed by atoms with Gasteiger partial charge in [-0.2, -0.15) is 9.78 Å². The number of nitrogens with zero attached hydrogens (tertiary/aromatic N) is 6. The predicted molar refractivity (Wildman–Crippen MR) is 179 cm³/mol. The van der Waals surface area contributed by atoms with Gasteiger partial charge in [0.05, 0.1) is 30.1 Å². The monoisotopic (exact) mass is 673 g/mol. The highest BCUT2D eigenvalue weighted by Gasteiger charge is 2.29. The van der Waals surface area contributed by atoms with Crippen molar-refractivity contribution >= 4 is 41.3 Å². The van der Waals surface area contributed by atoms with Crippen molar-refractivity contribution in [3.63, 3.8) is 0 Å². The molecule has 0 radical (unpaired) electrons. The van der Waals surface area contributed by atoms with E-state index in [-0.39, 0.29) is 17.7 Å². The van der Waals surface area contributed by atoms with Crippen molar-refractivity contribution in [1.29, 1.82) is 0 Å². The lowest BCUT2D eigenvalue weighted by molar-refractivity contribution is -0.136. The summed E-state index contributed by atoms with van der Waals surface area (Å²) in [5.74, 6) is -0.346. The molecule has 1 saturated heterocycles. The average Bonchev–Trinajstić information content (AvgIpc) is 3.62. The van der Waals surface area contributed by atoms with Gasteiger partial charge in [-0.25, -0.2) is 9.89 Å². The van der Waals surface area contributed by atoms with Crippen molar-refractivity contribution in [1.82, 2.24) is 40.6 Å². The Kier molecular flexibility index (Phi) is 11.0. The van der Waals surface area contributed by atoms with Gasteiger partial charge >= 0.3 is 6.09 Å². The number of amides is 3. The van der Waals surface area contributed by atoms with Crippen LogP contribution < -0.4 is 16.2 Å². The SMILES string of the molecule is COC(=O)Nc1ccc(-c2cc([C@H](CC3CCCN(C(=O)C(C)C)C3)NC(=O)C=Cc3cc(Cl)ccc3-n3cnnn3)n[nH]c2=O)cc1. The molecule has 3 heterocycles. The summed E-state index contributed by atoms with van der Waals surface area (Å²) >= 11 is 6.25. The number of methoxy groups -OCH3 is 1. The maximum atomic E-state index is 13.5. The third kappa shape index (κ3) is 8.50. The van der Waals surface area contributed by atoms with Crippen LogP contribution in [0, 0.1) is 11.8 Å². The van der Waals surface area contributed by atoms with Crippen LogP contribution >= 0.6 is 11.6 Å². The second-order valence-corrected chi connectivity index (χ2v) is 12.2. The average molecular weight is 674 g/mol. The van der Waals surface area contributed by atoms with Gasteiger partial charge in [-0.05, 0) is 83.6 Å². The number of hydrogen-bond donors (Lipinski definition) is 3. The lowest BCUT2D eigenvalue weighted by Gasteiger charge is -2.35. The molecule has 2 aromatic carbocycles. The van der Waals surface area contributed by atoms with Gasteiger partial charge in [-0.3, -0.25) is 19.7 Å². The summed E-state index contributed by atoms with van der Waals surface area (Å²) in [6.07, 6.45) is 6.03. The summed E-state index contributed by atoms with van der Waals surface area (Å²) in [5.41, 5.74) is 2.70. The number of aromatic amines is 1. The number of likely N-dealkylation sites (tertiary alicyclic amines) is 1. The molecule has 0 bridgehead atoms. The second kappa shape index (κ2) is 15.5. The highest BCUT2D eigenvalue weighted by molar-refractivity contribution is 6.30. The highest BCUT2D eigenvalue weighted by Crippen LogP contribution is 2.29. The normalized spacial score (nSPS) is 15.4. The van der Waals surface area contributed by atoms with Gasteiger partial charge in [0.1, 0.15) is 6.33 Å². The smallest absolute Gasteiger partial charge is 0.411 e. The van der Waals surface area contributed by atoms with Crippen molar-refractivity contribution in [2.75, 3.05) is 25.5 Å². The third-order valence-corrected chi connectivity index (χ3v) is 8.25. The molecule has 1 aliphatic heterocycles. The van der Waals surface area contributed by atoms with Gasteiger partial charge in [0, 0.05) is 41.4 Å². The fraction of sp³-hybridized carbons (Fsp3) is 0.333. The van der Waals surface area contributed by atoms with E-state index in [1.807, 2.05) is 18.7 Å². The van der Waals surface area contributed by atoms with Gasteiger partial charge in [0.2, 0.25) is 11.8 Å². The Balaban J connectivity index is 1.43. The number of carbonyl (C=O) groups excluding carboxylic acids is 3. The van der Waals surface area contributed by atoms with Gasteiger partial charge in [0.15, 0.2) is 0 Å². The molecular weight excluding hydrogens is 638 g/mol. The summed E-state index contributed by atoms with van der Waals surface area (Å²) in [5, 5.41) is 24.3. The van der Waals surface area contributed by atoms with E-state index >= 15 is 0 Å². The zero-order chi connectivity index (χ0) is 34.2. The van der Waals surface area contributed by atoms with Crippen LogP contribution in [0.4, 0.5) is 10.5 Å². The van der Waals surface area contributed by atoms with E-state index in [0.29, 0.717) is 58.3 Å². The first-order valence-corrected chi connectivity index (χ1v) is 15.8. The number of piperidine rings is 1. The molecule has 1 unspecified atom stereocenters. The first-order chi connectivity index (χ1) is 23.1. The molecule has 4 aromatic rings. The number of aromatic nitrogens is 6. The summed E-state index contributed by atoms with van der Waals surface area (Å²) in [7, 11) is 1.27. The molecule has 3 N–H and O–H groups in total. The number of tetrazole rings is 1. The lowest BCUT2D eigenvalue weighted by atomic mass is 9.89. The van der Waals surface area contributed by atoms with Crippen LogP contribution in [0.3, 0.4) is 0 Å². The number of halogens is 1. The number of anilines is 1. The van der Waals surface area contributed by atoms with Gasteiger partial charge in [0.25, 0.3) is 5.56 Å². The number of rotatable bonds is 10. The van der Waals surface area contributed by atoms with E-state index in [1.54, 1.807) is 54.6 Å². The van der Waals surface area contributed by atoms with Crippen LogP contribution in [0.5, 0.6) is 0 Å². The van der Waals surface area contributed by atoms with Crippen LogP contribution in [0.15, 0.2) is 65.7 Å². The molecule has 1 aliphatic rings. The van der Waals surface area contributed by atoms with E-state index in [9.17, 15) is 19.2 Å². The minimum atomic E-state index is -0.613. The molecule has 0 saturated carbocycles. The Morgan fingerprint density at radius 3 is 2.65 bits per heavy atom. The molecular formula is C33H36ClN9O5. The van der Waals surface area contributed by atoms with Crippen molar-refractivity contribution in [3.05, 3.63) is 87.6 Å². The lowest BCUT2D eigenvalue weighted by Crippen LogP contribution is -2.43. The second-order valence-electron chi connectivity index (χ2n) is 11.8. The van der Waals surface area contributed by atoms with E-state index in [4.69, 9.17) is 11.6 Å². The minimum absolute atomic E-state index is 0.0796. The number of benzene rings is 2. The molecule has 2 aromatic heterocycles. The third-order valence-electron chi connectivity index (χ3n) is 8.02. The predicted octanol–water partition coefficient (Wildman–Crippen LogP) is 4.40. The van der Waals surface area contributed by atoms with E-state index in [1.165, 1.54) is 24.2 Å². The zero-order valence-electron chi connectivity index (χ0n) is 26.7. The number of ether oxygens (including phenoxy) is 1. The highest BCUT2D eigenvalue weighted by atomic mass is 35.5. The summed E-state index contributed by atoms with van der Waals surface area (Å²) in [6.45, 7) is 5.02. The van der Waals surface area contributed by atoms with Crippen molar-refractivity contribution < 1.29 is 19.1 Å². The topological polar surface area (TPSA) is 177 Å². The molecule has 0 spiro atoms. The Morgan fingerprint density at radius 2 is 1.94 bits per heavy atom. The Labute approximate surface area is 281 Å². The summed E-state index contributed by atoms with van der Waals surface area (Å²) in [4.78, 5) is 52.7. The fourth-order valence-corrected chi connectivity index (χ4v) is 5.83. The molecule has 250 valence electrons. The molecule has 15 heteroatoms. The van der Waals surface area contributed by atoms with Crippen molar-refractivity contribution in [2.24, 2.45) is 11.8 Å². The van der Waals surface area contributed by atoms with Crippen LogP contribution in [0.1, 0.15) is 50.4 Å². The van der Waals surface area contributed by atoms with E-state index in [2.05, 4.69) is 41.1 Å². The standard InChI is InChI=1S/C33H36ClN9O5/c1-20(2)32(46)42-14-4-5-21(18-42)15-27(37-30(44)13-8-23-16-24(34)9-12-29(23)43-19-35-40-41-43)28-17-26(31(45)39-38-28)22-6-10-25(11-7-22)36-33(47)48-3/h6-13,16-17,19-21,27H,4-5,14-15,18H2,1-3H3,(H,36,47)(H,37,44)(H,39,45)/t21?,27-/m0/s1. The van der Waals surface area contributed by atoms with Crippen molar-refractivity contribution in [2.45, 2.75) is 39.2 Å². The molecule has 1 fully saturated rings.